The van der Waals surface area contributed by atoms with Crippen LogP contribution in [0.3, 0.4) is 0 Å². The van der Waals surface area contributed by atoms with E-state index in [1.54, 1.807) is 0 Å². The van der Waals surface area contributed by atoms with E-state index in [1.165, 1.54) is 0 Å². The summed E-state index contributed by atoms with van der Waals surface area (Å²) in [5, 5.41) is 2.21. The number of amides is 1. The van der Waals surface area contributed by atoms with E-state index in [1.807, 2.05) is 6.92 Å². The SMILES string of the molecule is CCCCCCOC(=O)Nc1ccc(OC(F)=C(F)C(F)(F)C(F)(F)C(F)(F)C(F)(F)F)cc1. The van der Waals surface area contributed by atoms with Gasteiger partial charge < -0.3 is 9.47 Å². The Bertz CT molecular complexity index is 852. The van der Waals surface area contributed by atoms with E-state index in [0.717, 1.165) is 31.4 Å². The summed E-state index contributed by atoms with van der Waals surface area (Å²) in [4.78, 5) is 11.6. The highest BCUT2D eigenvalue weighted by Crippen LogP contribution is 2.55. The van der Waals surface area contributed by atoms with E-state index in [-0.39, 0.29) is 12.3 Å². The van der Waals surface area contributed by atoms with Gasteiger partial charge >= 0.3 is 36.1 Å². The molecular weight excluding hydrogens is 499 g/mol. The molecule has 0 spiro atoms. The maximum absolute atomic E-state index is 13.6. The standard InChI is InChI=1S/C19H18F11NO3/c1-2-3-4-5-10-33-15(32)31-11-6-8-12(9-7-11)34-14(21)13(20)16(22,23)17(24,25)18(26,27)19(28,29)30/h6-9H,2-5,10H2,1H3,(H,31,32). The minimum Gasteiger partial charge on any atom is -0.449 e. The second-order valence-corrected chi connectivity index (χ2v) is 6.76. The van der Waals surface area contributed by atoms with Gasteiger partial charge in [0, 0.05) is 5.69 Å². The molecule has 0 aliphatic heterocycles. The van der Waals surface area contributed by atoms with Gasteiger partial charge in [-0.05, 0) is 30.7 Å². The first kappa shape index (κ1) is 29.3. The van der Waals surface area contributed by atoms with Gasteiger partial charge in [0.1, 0.15) is 5.75 Å². The minimum atomic E-state index is -7.40. The third-order valence-corrected chi connectivity index (χ3v) is 4.13. The van der Waals surface area contributed by atoms with Crippen molar-refractivity contribution >= 4 is 11.8 Å². The molecular formula is C19H18F11NO3. The lowest BCUT2D eigenvalue weighted by molar-refractivity contribution is -0.392. The van der Waals surface area contributed by atoms with Crippen molar-refractivity contribution in [3.8, 4) is 5.75 Å². The highest BCUT2D eigenvalue weighted by atomic mass is 19.4. The number of rotatable bonds is 11. The number of ether oxygens (including phenoxy) is 2. The van der Waals surface area contributed by atoms with Crippen LogP contribution in [0.2, 0.25) is 0 Å². The first-order valence-corrected chi connectivity index (χ1v) is 9.46. The van der Waals surface area contributed by atoms with E-state index < -0.39 is 47.6 Å². The van der Waals surface area contributed by atoms with Crippen molar-refractivity contribution in [2.75, 3.05) is 11.9 Å². The maximum Gasteiger partial charge on any atom is 0.460 e. The molecule has 34 heavy (non-hydrogen) atoms. The predicted molar refractivity (Wildman–Crippen MR) is 96.3 cm³/mol. The number of hydrogen-bond acceptors (Lipinski definition) is 3. The number of alkyl halides is 9. The molecule has 4 nitrogen and oxygen atoms in total. The maximum atomic E-state index is 13.6. The van der Waals surface area contributed by atoms with Gasteiger partial charge in [0.25, 0.3) is 0 Å². The number of anilines is 1. The fourth-order valence-corrected chi connectivity index (χ4v) is 2.24. The minimum absolute atomic E-state index is 0.0162. The first-order chi connectivity index (χ1) is 15.5. The predicted octanol–water partition coefficient (Wildman–Crippen LogP) is 7.77. The number of hydrogen-bond donors (Lipinski definition) is 1. The summed E-state index contributed by atoms with van der Waals surface area (Å²) in [5.74, 6) is -26.6. The Hall–Kier alpha value is -2.74. The van der Waals surface area contributed by atoms with E-state index in [0.29, 0.717) is 18.6 Å². The number of halogens is 11. The Kier molecular flexibility index (Phi) is 9.58. The van der Waals surface area contributed by atoms with Crippen LogP contribution in [-0.4, -0.2) is 36.6 Å². The molecule has 0 aliphatic rings. The molecule has 0 fully saturated rings. The van der Waals surface area contributed by atoms with Crippen molar-refractivity contribution in [1.82, 2.24) is 0 Å². The largest absolute Gasteiger partial charge is 0.460 e. The van der Waals surface area contributed by atoms with Crippen LogP contribution in [0.1, 0.15) is 32.6 Å². The lowest BCUT2D eigenvalue weighted by atomic mass is 10.0. The number of unbranched alkanes of at least 4 members (excludes halogenated alkanes) is 3. The molecule has 0 atom stereocenters. The van der Waals surface area contributed by atoms with Crippen LogP contribution in [0, 0.1) is 0 Å². The number of benzene rings is 1. The molecule has 0 aromatic heterocycles. The second kappa shape index (κ2) is 11.1. The summed E-state index contributed by atoms with van der Waals surface area (Å²) in [5.41, 5.74) is -0.0162. The van der Waals surface area contributed by atoms with Crippen molar-refractivity contribution in [2.24, 2.45) is 0 Å². The molecule has 0 heterocycles. The third-order valence-electron chi connectivity index (χ3n) is 4.13. The topological polar surface area (TPSA) is 47.6 Å². The highest BCUT2D eigenvalue weighted by molar-refractivity contribution is 5.84. The lowest BCUT2D eigenvalue weighted by Gasteiger charge is -2.32. The van der Waals surface area contributed by atoms with E-state index in [9.17, 15) is 53.1 Å². The zero-order chi connectivity index (χ0) is 26.4. The summed E-state index contributed by atoms with van der Waals surface area (Å²) in [6.07, 6.45) is -4.77. The Labute approximate surface area is 185 Å². The molecule has 0 unspecified atom stereocenters. The molecule has 15 heteroatoms. The summed E-state index contributed by atoms with van der Waals surface area (Å²) < 4.78 is 151. The van der Waals surface area contributed by atoms with Gasteiger partial charge in [0.05, 0.1) is 6.61 Å². The van der Waals surface area contributed by atoms with Crippen LogP contribution < -0.4 is 10.1 Å². The fourth-order valence-electron chi connectivity index (χ4n) is 2.24. The zero-order valence-corrected chi connectivity index (χ0v) is 17.2. The molecule has 194 valence electrons. The zero-order valence-electron chi connectivity index (χ0n) is 17.2. The molecule has 0 bridgehead atoms. The average molecular weight is 517 g/mol. The molecule has 0 saturated heterocycles. The van der Waals surface area contributed by atoms with Gasteiger partial charge in [-0.2, -0.15) is 48.3 Å². The van der Waals surface area contributed by atoms with Crippen molar-refractivity contribution < 1.29 is 62.6 Å². The Morgan fingerprint density at radius 2 is 1.41 bits per heavy atom. The smallest absolute Gasteiger partial charge is 0.449 e. The Balaban J connectivity index is 2.89. The summed E-state index contributed by atoms with van der Waals surface area (Å²) in [6.45, 7) is 2.08. The molecule has 1 aromatic rings. The van der Waals surface area contributed by atoms with Gasteiger partial charge in [-0.15, -0.1) is 0 Å². The van der Waals surface area contributed by atoms with Gasteiger partial charge in [-0.25, -0.2) is 4.79 Å². The quantitative estimate of drug-likeness (QED) is 0.185. The van der Waals surface area contributed by atoms with Crippen LogP contribution in [0.25, 0.3) is 0 Å². The molecule has 1 amide bonds. The van der Waals surface area contributed by atoms with Crippen LogP contribution >= 0.6 is 0 Å². The van der Waals surface area contributed by atoms with Crippen molar-refractivity contribution in [1.29, 1.82) is 0 Å². The molecule has 1 rings (SSSR count). The normalized spacial score (nSPS) is 13.9. The monoisotopic (exact) mass is 517 g/mol. The van der Waals surface area contributed by atoms with Crippen molar-refractivity contribution in [3.05, 3.63) is 36.1 Å². The van der Waals surface area contributed by atoms with Crippen molar-refractivity contribution in [3.63, 3.8) is 0 Å². The average Bonchev–Trinajstić information content (AvgIpc) is 2.73. The molecule has 0 radical (unpaired) electrons. The lowest BCUT2D eigenvalue weighted by Crippen LogP contribution is -2.61. The Morgan fingerprint density at radius 1 is 0.853 bits per heavy atom. The fraction of sp³-hybridized carbons (Fsp3) is 0.526. The van der Waals surface area contributed by atoms with Gasteiger partial charge in [-0.3, -0.25) is 5.32 Å². The van der Waals surface area contributed by atoms with E-state index in [2.05, 4.69) is 10.1 Å². The number of carbonyl (C=O) groups is 1. The van der Waals surface area contributed by atoms with Crippen LogP contribution in [0.15, 0.2) is 36.1 Å². The van der Waals surface area contributed by atoms with Crippen LogP contribution in [0.5, 0.6) is 5.75 Å². The number of allylic oxidation sites excluding steroid dienone is 1. The third kappa shape index (κ3) is 6.65. The summed E-state index contributed by atoms with van der Waals surface area (Å²) in [6, 6.07) is 0.136. The number of carbonyl (C=O) groups excluding carboxylic acids is 1. The summed E-state index contributed by atoms with van der Waals surface area (Å²) >= 11 is 0. The molecule has 0 aliphatic carbocycles. The van der Waals surface area contributed by atoms with Crippen molar-refractivity contribution in [2.45, 2.75) is 56.6 Å². The van der Waals surface area contributed by atoms with E-state index >= 15 is 0 Å². The van der Waals surface area contributed by atoms with Gasteiger partial charge in [0.2, 0.25) is 5.83 Å². The molecule has 1 aromatic carbocycles. The second-order valence-electron chi connectivity index (χ2n) is 6.76. The first-order valence-electron chi connectivity index (χ1n) is 9.46. The van der Waals surface area contributed by atoms with Crippen LogP contribution in [0.4, 0.5) is 58.8 Å². The highest BCUT2D eigenvalue weighted by Gasteiger charge is 2.83. The van der Waals surface area contributed by atoms with Crippen LogP contribution in [-0.2, 0) is 4.74 Å². The number of nitrogens with one attached hydrogen (secondary N) is 1. The van der Waals surface area contributed by atoms with Gasteiger partial charge in [0.15, 0.2) is 0 Å². The summed E-state index contributed by atoms with van der Waals surface area (Å²) in [7, 11) is 0. The van der Waals surface area contributed by atoms with E-state index in [4.69, 9.17) is 4.74 Å². The Morgan fingerprint density at radius 3 is 1.91 bits per heavy atom. The van der Waals surface area contributed by atoms with Gasteiger partial charge in [-0.1, -0.05) is 26.2 Å². The molecule has 1 N–H and O–H groups in total. The molecule has 0 saturated carbocycles.